The molecule has 0 spiro atoms. The molecule has 0 aliphatic rings. The van der Waals surface area contributed by atoms with Gasteiger partial charge in [-0.3, -0.25) is 10.0 Å². The van der Waals surface area contributed by atoms with Crippen LogP contribution in [0.4, 0.5) is 4.79 Å². The molecule has 0 fully saturated rings. The predicted molar refractivity (Wildman–Crippen MR) is 18.9 cm³/mol. The summed E-state index contributed by atoms with van der Waals surface area (Å²) in [6, 6.07) is 0. The first kappa shape index (κ1) is 4.49. The Balaban J connectivity index is 2.85. The molecule has 0 saturated heterocycles. The number of amides is 1. The summed E-state index contributed by atoms with van der Waals surface area (Å²) in [6.07, 6.45) is 0. The van der Waals surface area contributed by atoms with Crippen molar-refractivity contribution in [2.45, 2.75) is 0 Å². The SMILES string of the molecule is BC(=O)NO. The van der Waals surface area contributed by atoms with E-state index in [9.17, 15) is 4.79 Å². The molecule has 0 aromatic rings. The van der Waals surface area contributed by atoms with Crippen LogP contribution in [0.1, 0.15) is 0 Å². The molecule has 1 amide bonds. The zero-order valence-electron chi connectivity index (χ0n) is 2.86. The van der Waals surface area contributed by atoms with Crippen molar-refractivity contribution in [3.8, 4) is 0 Å². The van der Waals surface area contributed by atoms with E-state index in [1.807, 2.05) is 0 Å². The summed E-state index contributed by atoms with van der Waals surface area (Å²) < 4.78 is 0. The van der Waals surface area contributed by atoms with Gasteiger partial charge in [0.05, 0.1) is 0 Å². The molecule has 3 nitrogen and oxygen atoms in total. The summed E-state index contributed by atoms with van der Waals surface area (Å²) in [7, 11) is 1.22. The van der Waals surface area contributed by atoms with Crippen molar-refractivity contribution in [3.63, 3.8) is 0 Å². The molecule has 0 aliphatic carbocycles. The van der Waals surface area contributed by atoms with Crippen molar-refractivity contribution in [2.24, 2.45) is 0 Å². The Bertz CT molecular complexity index is 44.9. The van der Waals surface area contributed by atoms with Gasteiger partial charge in [0.15, 0.2) is 5.81 Å². The third-order valence-electron chi connectivity index (χ3n) is 0.157. The quantitative estimate of drug-likeness (QED) is 0.213. The lowest BCUT2D eigenvalue weighted by Crippen LogP contribution is -2.15. The van der Waals surface area contributed by atoms with Gasteiger partial charge in [-0.05, 0) is 0 Å². The number of hydroxylamine groups is 1. The summed E-state index contributed by atoms with van der Waals surface area (Å²) in [5.74, 6) is -0.440. The molecule has 0 atom stereocenters. The molecule has 0 heterocycles. The van der Waals surface area contributed by atoms with E-state index in [-0.39, 0.29) is 0 Å². The lowest BCUT2D eigenvalue weighted by atomic mass is 10.1. The van der Waals surface area contributed by atoms with Gasteiger partial charge >= 0.3 is 0 Å². The number of carbonyl (C=O) groups is 1. The van der Waals surface area contributed by atoms with Gasteiger partial charge in [0.25, 0.3) is 0 Å². The predicted octanol–water partition coefficient (Wildman–Crippen LogP) is -1.28. The fraction of sp³-hybridized carbons (Fsp3) is 0. The van der Waals surface area contributed by atoms with Crippen LogP contribution in [-0.4, -0.2) is 18.9 Å². The van der Waals surface area contributed by atoms with Crippen LogP contribution in [0.15, 0.2) is 0 Å². The van der Waals surface area contributed by atoms with Gasteiger partial charge in [-0.15, -0.1) is 0 Å². The van der Waals surface area contributed by atoms with Crippen LogP contribution in [0, 0.1) is 0 Å². The van der Waals surface area contributed by atoms with Gasteiger partial charge in [-0.1, -0.05) is 0 Å². The highest BCUT2D eigenvalue weighted by Gasteiger charge is 1.75. The zero-order chi connectivity index (χ0) is 4.28. The topological polar surface area (TPSA) is 49.3 Å². The molecule has 0 rings (SSSR count). The highest BCUT2D eigenvalue weighted by molar-refractivity contribution is 6.56. The minimum Gasteiger partial charge on any atom is -0.289 e. The third kappa shape index (κ3) is 3.49. The molecular weight excluding hydrogens is 68.8 g/mol. The van der Waals surface area contributed by atoms with Gasteiger partial charge in [-0.2, -0.15) is 0 Å². The maximum absolute atomic E-state index is 9.45. The Morgan fingerprint density at radius 2 is 2.20 bits per heavy atom. The molecular formula is CH4BNO2. The van der Waals surface area contributed by atoms with E-state index in [1.54, 1.807) is 0 Å². The number of rotatable bonds is 0. The van der Waals surface area contributed by atoms with Crippen LogP contribution in [0.25, 0.3) is 0 Å². The molecule has 0 saturated carbocycles. The van der Waals surface area contributed by atoms with Gasteiger partial charge in [-0.25, -0.2) is 5.48 Å². The molecule has 2 N–H and O–H groups in total. The summed E-state index contributed by atoms with van der Waals surface area (Å²) in [6.45, 7) is 0. The Labute approximate surface area is 30.4 Å². The third-order valence-corrected chi connectivity index (χ3v) is 0.157. The summed E-state index contributed by atoms with van der Waals surface area (Å²) in [5, 5.41) is 7.54. The summed E-state index contributed by atoms with van der Waals surface area (Å²) in [4.78, 5) is 9.45. The zero-order valence-corrected chi connectivity index (χ0v) is 2.86. The van der Waals surface area contributed by atoms with Crippen LogP contribution in [0.3, 0.4) is 0 Å². The Morgan fingerprint density at radius 1 is 2.00 bits per heavy atom. The summed E-state index contributed by atoms with van der Waals surface area (Å²) in [5.41, 5.74) is 1.39. The fourth-order valence-corrected chi connectivity index (χ4v) is 0. The molecule has 5 heavy (non-hydrogen) atoms. The second kappa shape index (κ2) is 1.78. The van der Waals surface area contributed by atoms with Crippen molar-refractivity contribution < 1.29 is 10.0 Å². The van der Waals surface area contributed by atoms with Crippen molar-refractivity contribution in [1.82, 2.24) is 5.48 Å². The smallest absolute Gasteiger partial charge is 0.218 e. The second-order valence-corrected chi connectivity index (χ2v) is 0.668. The van der Waals surface area contributed by atoms with Crippen molar-refractivity contribution >= 4 is 13.7 Å². The minimum atomic E-state index is -0.440. The molecule has 0 bridgehead atoms. The van der Waals surface area contributed by atoms with Crippen LogP contribution < -0.4 is 5.48 Å². The maximum Gasteiger partial charge on any atom is 0.218 e. The highest BCUT2D eigenvalue weighted by atomic mass is 16.5. The largest absolute Gasteiger partial charge is 0.289 e. The number of hydrogen-bond donors (Lipinski definition) is 2. The van der Waals surface area contributed by atoms with E-state index in [0.717, 1.165) is 0 Å². The fourth-order valence-electron chi connectivity index (χ4n) is 0. The summed E-state index contributed by atoms with van der Waals surface area (Å²) >= 11 is 0. The van der Waals surface area contributed by atoms with E-state index in [1.165, 1.54) is 13.3 Å². The van der Waals surface area contributed by atoms with Crippen LogP contribution in [-0.2, 0) is 0 Å². The van der Waals surface area contributed by atoms with Gasteiger partial charge < -0.3 is 0 Å². The second-order valence-electron chi connectivity index (χ2n) is 0.668. The first-order valence-corrected chi connectivity index (χ1v) is 1.18. The Morgan fingerprint density at radius 3 is 2.20 bits per heavy atom. The Kier molecular flexibility index (Phi) is 1.60. The molecule has 4 heteroatoms. The lowest BCUT2D eigenvalue weighted by molar-refractivity contribution is 0.179. The van der Waals surface area contributed by atoms with E-state index in [4.69, 9.17) is 5.21 Å². The number of nitrogens with one attached hydrogen (secondary N) is 1. The maximum atomic E-state index is 9.45. The van der Waals surface area contributed by atoms with Gasteiger partial charge in [0, 0.05) is 0 Å². The number of carbonyl (C=O) groups excluding carboxylic acids is 1. The molecule has 0 unspecified atom stereocenters. The average molecular weight is 72.9 g/mol. The molecule has 0 aromatic carbocycles. The lowest BCUT2D eigenvalue weighted by Gasteiger charge is -1.79. The minimum absolute atomic E-state index is 0.440. The van der Waals surface area contributed by atoms with Crippen molar-refractivity contribution in [1.29, 1.82) is 0 Å². The monoisotopic (exact) mass is 73.0 g/mol. The van der Waals surface area contributed by atoms with Gasteiger partial charge in [0.2, 0.25) is 7.85 Å². The molecule has 0 radical (unpaired) electrons. The standard InChI is InChI=1S/CH4BNO2/c2-1(4)3-5/h5H,2H2,(H,3,4). The van der Waals surface area contributed by atoms with Crippen molar-refractivity contribution in [3.05, 3.63) is 0 Å². The molecule has 0 aromatic heterocycles. The van der Waals surface area contributed by atoms with Crippen LogP contribution >= 0.6 is 0 Å². The average Bonchev–Trinajstić information content (AvgIpc) is 1.38. The molecule has 0 aliphatic heterocycles. The highest BCUT2D eigenvalue weighted by Crippen LogP contribution is 1.44. The van der Waals surface area contributed by atoms with E-state index in [2.05, 4.69) is 0 Å². The van der Waals surface area contributed by atoms with Gasteiger partial charge in [0.1, 0.15) is 0 Å². The van der Waals surface area contributed by atoms with Crippen LogP contribution in [0.5, 0.6) is 0 Å². The number of hydrogen-bond acceptors (Lipinski definition) is 2. The van der Waals surface area contributed by atoms with Crippen LogP contribution in [0.2, 0.25) is 0 Å². The normalized spacial score (nSPS) is 6.60. The first-order valence-electron chi connectivity index (χ1n) is 1.18. The first-order chi connectivity index (χ1) is 2.27. The molecule has 28 valence electrons. The van der Waals surface area contributed by atoms with E-state index >= 15 is 0 Å². The van der Waals surface area contributed by atoms with Crippen molar-refractivity contribution in [2.75, 3.05) is 0 Å². The Hall–Kier alpha value is -0.505. The van der Waals surface area contributed by atoms with E-state index < -0.39 is 5.81 Å². The van der Waals surface area contributed by atoms with E-state index in [0.29, 0.717) is 0 Å².